The second kappa shape index (κ2) is 9.52. The smallest absolute Gasteiger partial charge is 0.271 e. The highest BCUT2D eigenvalue weighted by molar-refractivity contribution is 5.94. The molecule has 0 spiro atoms. The Balaban J connectivity index is 1.35. The molecule has 0 saturated heterocycles. The minimum Gasteiger partial charge on any atom is -0.504 e. The number of methoxy groups -OCH3 is 1. The summed E-state index contributed by atoms with van der Waals surface area (Å²) in [5, 5.41) is 26.1. The van der Waals surface area contributed by atoms with Crippen molar-refractivity contribution in [3.8, 4) is 22.9 Å². The van der Waals surface area contributed by atoms with Crippen molar-refractivity contribution in [3.63, 3.8) is 0 Å². The minimum absolute atomic E-state index is 0.0335. The van der Waals surface area contributed by atoms with E-state index in [2.05, 4.69) is 25.9 Å². The monoisotopic (exact) mass is 428 g/mol. The van der Waals surface area contributed by atoms with E-state index in [4.69, 9.17) is 4.74 Å². The molecule has 32 heavy (non-hydrogen) atoms. The Morgan fingerprint density at radius 3 is 2.66 bits per heavy atom. The van der Waals surface area contributed by atoms with E-state index in [-0.39, 0.29) is 11.7 Å². The van der Waals surface area contributed by atoms with Gasteiger partial charge < -0.3 is 9.84 Å². The number of phenols is 1. The molecule has 4 aromatic rings. The van der Waals surface area contributed by atoms with Crippen LogP contribution in [0.3, 0.4) is 0 Å². The van der Waals surface area contributed by atoms with Crippen molar-refractivity contribution in [2.24, 2.45) is 5.10 Å². The van der Waals surface area contributed by atoms with Gasteiger partial charge in [-0.25, -0.2) is 5.43 Å². The molecule has 0 aliphatic rings. The van der Waals surface area contributed by atoms with Gasteiger partial charge in [0.2, 0.25) is 5.82 Å². The van der Waals surface area contributed by atoms with Crippen LogP contribution in [0, 0.1) is 0 Å². The van der Waals surface area contributed by atoms with Crippen LogP contribution in [0.25, 0.3) is 11.4 Å². The number of benzene rings is 3. The predicted molar refractivity (Wildman–Crippen MR) is 119 cm³/mol. The van der Waals surface area contributed by atoms with E-state index >= 15 is 0 Å². The van der Waals surface area contributed by atoms with Crippen LogP contribution < -0.4 is 10.2 Å². The first kappa shape index (κ1) is 20.7. The summed E-state index contributed by atoms with van der Waals surface area (Å²) in [6.07, 6.45) is 1.47. The van der Waals surface area contributed by atoms with Gasteiger partial charge in [-0.15, -0.1) is 10.2 Å². The zero-order chi connectivity index (χ0) is 22.3. The van der Waals surface area contributed by atoms with E-state index < -0.39 is 0 Å². The van der Waals surface area contributed by atoms with E-state index in [1.54, 1.807) is 24.3 Å². The van der Waals surface area contributed by atoms with E-state index in [0.29, 0.717) is 29.2 Å². The zero-order valence-corrected chi connectivity index (χ0v) is 17.2. The third-order valence-electron chi connectivity index (χ3n) is 4.61. The predicted octanol–water partition coefficient (Wildman–Crippen LogP) is 2.87. The normalized spacial score (nSPS) is 10.9. The molecule has 3 aromatic carbocycles. The number of nitrogens with zero attached hydrogens (tertiary/aromatic N) is 5. The van der Waals surface area contributed by atoms with Crippen molar-refractivity contribution < 1.29 is 14.6 Å². The number of tetrazole rings is 1. The Morgan fingerprint density at radius 1 is 1.12 bits per heavy atom. The SMILES string of the molecule is COc1cc(/C=N/NC(=O)c2ccc(Cn3nnc(-c4ccccc4)n3)cc2)ccc1O. The number of aromatic nitrogens is 4. The number of nitrogens with one attached hydrogen (secondary N) is 1. The standard InChI is InChI=1S/C23H20N6O3/c1-32-21-13-17(9-12-20(21)30)14-24-26-23(31)19-10-7-16(8-11-19)15-29-27-22(25-28-29)18-5-3-2-4-6-18/h2-14,30H,15H2,1H3,(H,26,31)/b24-14+. The van der Waals surface area contributed by atoms with Crippen molar-refractivity contribution in [2.45, 2.75) is 6.54 Å². The Hall–Kier alpha value is -4.53. The van der Waals surface area contributed by atoms with Gasteiger partial charge in [0.05, 0.1) is 19.9 Å². The molecule has 4 rings (SSSR count). The van der Waals surface area contributed by atoms with Crippen molar-refractivity contribution >= 4 is 12.1 Å². The maximum absolute atomic E-state index is 12.3. The van der Waals surface area contributed by atoms with Crippen molar-refractivity contribution in [1.82, 2.24) is 25.6 Å². The highest BCUT2D eigenvalue weighted by Crippen LogP contribution is 2.25. The molecule has 160 valence electrons. The molecule has 0 radical (unpaired) electrons. The van der Waals surface area contributed by atoms with E-state index in [9.17, 15) is 9.90 Å². The number of phenolic OH excluding ortho intramolecular Hbond substituents is 1. The molecule has 0 bridgehead atoms. The second-order valence-electron chi connectivity index (χ2n) is 6.84. The molecule has 0 unspecified atom stereocenters. The molecule has 0 saturated carbocycles. The number of carbonyl (C=O) groups is 1. The first-order valence-electron chi connectivity index (χ1n) is 9.75. The molecule has 0 atom stereocenters. The lowest BCUT2D eigenvalue weighted by molar-refractivity contribution is 0.0955. The average molecular weight is 428 g/mol. The number of carbonyl (C=O) groups excluding carboxylic acids is 1. The molecule has 2 N–H and O–H groups in total. The van der Waals surface area contributed by atoms with Gasteiger partial charge in [-0.3, -0.25) is 4.79 Å². The Kier molecular flexibility index (Phi) is 6.17. The van der Waals surface area contributed by atoms with Crippen LogP contribution in [-0.2, 0) is 6.54 Å². The van der Waals surface area contributed by atoms with E-state index in [1.807, 2.05) is 42.5 Å². The van der Waals surface area contributed by atoms with Gasteiger partial charge in [-0.05, 0) is 46.7 Å². The third kappa shape index (κ3) is 4.96. The molecule has 9 nitrogen and oxygen atoms in total. The quantitative estimate of drug-likeness (QED) is 0.346. The molecule has 1 aromatic heterocycles. The molecule has 0 aliphatic heterocycles. The summed E-state index contributed by atoms with van der Waals surface area (Å²) in [5.74, 6) is 0.578. The fourth-order valence-electron chi connectivity index (χ4n) is 2.94. The van der Waals surface area contributed by atoms with Gasteiger partial charge in [0.25, 0.3) is 5.91 Å². The van der Waals surface area contributed by atoms with Crippen LogP contribution in [0.4, 0.5) is 0 Å². The lowest BCUT2D eigenvalue weighted by Crippen LogP contribution is -2.17. The van der Waals surface area contributed by atoms with Crippen LogP contribution in [0.15, 0.2) is 77.9 Å². The number of ether oxygens (including phenoxy) is 1. The van der Waals surface area contributed by atoms with Crippen molar-refractivity contribution in [1.29, 1.82) is 0 Å². The average Bonchev–Trinajstić information content (AvgIpc) is 3.29. The molecule has 0 fully saturated rings. The van der Waals surface area contributed by atoms with Gasteiger partial charge in [0.1, 0.15) is 0 Å². The summed E-state index contributed by atoms with van der Waals surface area (Å²) in [4.78, 5) is 13.8. The number of hydrogen-bond acceptors (Lipinski definition) is 7. The van der Waals surface area contributed by atoms with E-state index in [1.165, 1.54) is 24.2 Å². The van der Waals surface area contributed by atoms with Crippen LogP contribution >= 0.6 is 0 Å². The lowest BCUT2D eigenvalue weighted by atomic mass is 10.1. The highest BCUT2D eigenvalue weighted by Gasteiger charge is 2.08. The topological polar surface area (TPSA) is 115 Å². The second-order valence-corrected chi connectivity index (χ2v) is 6.84. The van der Waals surface area contributed by atoms with Gasteiger partial charge in [-0.1, -0.05) is 42.5 Å². The maximum Gasteiger partial charge on any atom is 0.271 e. The van der Waals surface area contributed by atoms with Gasteiger partial charge in [0.15, 0.2) is 11.5 Å². The fourth-order valence-corrected chi connectivity index (χ4v) is 2.94. The van der Waals surface area contributed by atoms with E-state index in [0.717, 1.165) is 11.1 Å². The van der Waals surface area contributed by atoms with Crippen LogP contribution in [0.2, 0.25) is 0 Å². The summed E-state index contributed by atoms with van der Waals surface area (Å²) >= 11 is 0. The molecule has 0 aliphatic carbocycles. The first-order chi connectivity index (χ1) is 15.6. The zero-order valence-electron chi connectivity index (χ0n) is 17.2. The molecular formula is C23H20N6O3. The Labute approximate surface area is 184 Å². The summed E-state index contributed by atoms with van der Waals surface area (Å²) in [6.45, 7) is 0.433. The van der Waals surface area contributed by atoms with Crippen LogP contribution in [-0.4, -0.2) is 44.5 Å². The van der Waals surface area contributed by atoms with Gasteiger partial charge in [-0.2, -0.15) is 9.90 Å². The first-order valence-corrected chi connectivity index (χ1v) is 9.75. The van der Waals surface area contributed by atoms with Gasteiger partial charge >= 0.3 is 0 Å². The minimum atomic E-state index is -0.344. The van der Waals surface area contributed by atoms with Crippen molar-refractivity contribution in [3.05, 3.63) is 89.5 Å². The summed E-state index contributed by atoms with van der Waals surface area (Å²) < 4.78 is 5.05. The molecule has 1 heterocycles. The van der Waals surface area contributed by atoms with Crippen LogP contribution in [0.1, 0.15) is 21.5 Å². The molecular weight excluding hydrogens is 408 g/mol. The summed E-state index contributed by atoms with van der Waals surface area (Å²) in [6, 6.07) is 21.5. The number of aromatic hydroxyl groups is 1. The Morgan fingerprint density at radius 2 is 1.91 bits per heavy atom. The third-order valence-corrected chi connectivity index (χ3v) is 4.61. The molecule has 1 amide bonds. The Bertz CT molecular complexity index is 1240. The number of amides is 1. The van der Waals surface area contributed by atoms with Gasteiger partial charge in [0, 0.05) is 11.1 Å². The number of hydrazone groups is 1. The maximum atomic E-state index is 12.3. The summed E-state index contributed by atoms with van der Waals surface area (Å²) in [7, 11) is 1.46. The highest BCUT2D eigenvalue weighted by atomic mass is 16.5. The van der Waals surface area contributed by atoms with Crippen LogP contribution in [0.5, 0.6) is 11.5 Å². The number of hydrogen-bond donors (Lipinski definition) is 2. The lowest BCUT2D eigenvalue weighted by Gasteiger charge is -2.04. The largest absolute Gasteiger partial charge is 0.504 e. The van der Waals surface area contributed by atoms with Crippen molar-refractivity contribution in [2.75, 3.05) is 7.11 Å². The number of rotatable bonds is 7. The molecule has 9 heteroatoms. The fraction of sp³-hybridized carbons (Fsp3) is 0.0870. The summed E-state index contributed by atoms with van der Waals surface area (Å²) in [5.41, 5.74) is 5.44.